The van der Waals surface area contributed by atoms with Crippen molar-refractivity contribution in [2.24, 2.45) is 5.16 Å². The molecular formula is C5H9NO3. The number of carbonyl (C=O) groups is 1. The molecule has 0 aliphatic carbocycles. The van der Waals surface area contributed by atoms with Crippen LogP contribution in [0.1, 0.15) is 13.3 Å². The molecule has 0 amide bonds. The molecule has 0 saturated carbocycles. The Bertz CT molecular complexity index is 130. The maximum absolute atomic E-state index is 10.4. The molecule has 0 aromatic heterocycles. The summed E-state index contributed by atoms with van der Waals surface area (Å²) in [5.74, 6) is -0.398. The Labute approximate surface area is 53.1 Å². The summed E-state index contributed by atoms with van der Waals surface area (Å²) in [6.45, 7) is 1.54. The fourth-order valence-corrected chi connectivity index (χ4v) is 0.316. The smallest absolute Gasteiger partial charge is 0.311 e. The first-order valence-electron chi connectivity index (χ1n) is 2.45. The van der Waals surface area contributed by atoms with Gasteiger partial charge in [-0.3, -0.25) is 4.79 Å². The number of hydrogen-bond acceptors (Lipinski definition) is 4. The normalized spacial score (nSPS) is 11.1. The van der Waals surface area contributed by atoms with E-state index in [1.54, 1.807) is 0 Å². The molecule has 9 heavy (non-hydrogen) atoms. The van der Waals surface area contributed by atoms with Gasteiger partial charge in [0.05, 0.1) is 19.2 Å². The zero-order valence-corrected chi connectivity index (χ0v) is 5.42. The van der Waals surface area contributed by atoms with Crippen molar-refractivity contribution < 1.29 is 14.7 Å². The molecule has 0 spiro atoms. The minimum atomic E-state index is -0.398. The lowest BCUT2D eigenvalue weighted by Crippen LogP contribution is -2.05. The number of ether oxygens (including phenoxy) is 1. The third-order valence-corrected chi connectivity index (χ3v) is 0.799. The SMILES string of the molecule is COC(=O)CC(C)=NO. The summed E-state index contributed by atoms with van der Waals surface area (Å²) in [7, 11) is 1.28. The third-order valence-electron chi connectivity index (χ3n) is 0.799. The molecule has 52 valence electrons. The van der Waals surface area contributed by atoms with Gasteiger partial charge in [-0.25, -0.2) is 0 Å². The minimum Gasteiger partial charge on any atom is -0.469 e. The van der Waals surface area contributed by atoms with Gasteiger partial charge in [-0.2, -0.15) is 0 Å². The first-order chi connectivity index (χ1) is 4.20. The van der Waals surface area contributed by atoms with E-state index in [1.165, 1.54) is 14.0 Å². The van der Waals surface area contributed by atoms with Crippen molar-refractivity contribution in [2.45, 2.75) is 13.3 Å². The third kappa shape index (κ3) is 3.52. The monoisotopic (exact) mass is 131 g/mol. The van der Waals surface area contributed by atoms with Crippen LogP contribution in [0.15, 0.2) is 5.16 Å². The molecule has 0 aliphatic heterocycles. The topological polar surface area (TPSA) is 58.9 Å². The van der Waals surface area contributed by atoms with E-state index in [1.807, 2.05) is 0 Å². The van der Waals surface area contributed by atoms with Crippen molar-refractivity contribution in [3.63, 3.8) is 0 Å². The zero-order chi connectivity index (χ0) is 7.28. The van der Waals surface area contributed by atoms with Crippen LogP contribution in [-0.2, 0) is 9.53 Å². The quantitative estimate of drug-likeness (QED) is 0.255. The summed E-state index contributed by atoms with van der Waals surface area (Å²) in [5, 5.41) is 10.9. The van der Waals surface area contributed by atoms with Gasteiger partial charge in [0.15, 0.2) is 0 Å². The number of carbonyl (C=O) groups excluding carboxylic acids is 1. The van der Waals surface area contributed by atoms with E-state index in [-0.39, 0.29) is 6.42 Å². The molecule has 0 aromatic rings. The van der Waals surface area contributed by atoms with Gasteiger partial charge in [0.25, 0.3) is 0 Å². The number of esters is 1. The van der Waals surface area contributed by atoms with Crippen LogP contribution in [0, 0.1) is 0 Å². The molecule has 0 rings (SSSR count). The van der Waals surface area contributed by atoms with Gasteiger partial charge in [-0.1, -0.05) is 5.16 Å². The summed E-state index contributed by atoms with van der Waals surface area (Å²) >= 11 is 0. The highest BCUT2D eigenvalue weighted by Gasteiger charge is 2.01. The highest BCUT2D eigenvalue weighted by Crippen LogP contribution is 1.86. The molecule has 0 radical (unpaired) electrons. The summed E-state index contributed by atoms with van der Waals surface area (Å²) in [6, 6.07) is 0. The predicted molar refractivity (Wildman–Crippen MR) is 31.5 cm³/mol. The molecule has 4 nitrogen and oxygen atoms in total. The molecule has 0 bridgehead atoms. The Hall–Kier alpha value is -1.06. The Kier molecular flexibility index (Phi) is 3.43. The minimum absolute atomic E-state index is 0.0486. The van der Waals surface area contributed by atoms with E-state index in [4.69, 9.17) is 5.21 Å². The van der Waals surface area contributed by atoms with Gasteiger partial charge in [0.1, 0.15) is 0 Å². The van der Waals surface area contributed by atoms with Gasteiger partial charge >= 0.3 is 5.97 Å². The maximum atomic E-state index is 10.4. The molecular weight excluding hydrogens is 122 g/mol. The van der Waals surface area contributed by atoms with Crippen LogP contribution in [-0.4, -0.2) is 24.0 Å². The van der Waals surface area contributed by atoms with Crippen molar-refractivity contribution in [1.82, 2.24) is 0 Å². The number of oxime groups is 1. The molecule has 0 aromatic carbocycles. The van der Waals surface area contributed by atoms with E-state index in [2.05, 4.69) is 9.89 Å². The zero-order valence-electron chi connectivity index (χ0n) is 5.42. The second kappa shape index (κ2) is 3.88. The Morgan fingerprint density at radius 3 is 2.67 bits per heavy atom. The lowest BCUT2D eigenvalue weighted by Gasteiger charge is -1.94. The van der Waals surface area contributed by atoms with Gasteiger partial charge < -0.3 is 9.94 Å². The summed E-state index contributed by atoms with van der Waals surface area (Å²) in [6.07, 6.45) is 0.0486. The van der Waals surface area contributed by atoms with E-state index < -0.39 is 5.97 Å². The number of hydrogen-bond donors (Lipinski definition) is 1. The Morgan fingerprint density at radius 2 is 2.33 bits per heavy atom. The fraction of sp³-hybridized carbons (Fsp3) is 0.600. The molecule has 4 heteroatoms. The van der Waals surface area contributed by atoms with Crippen LogP contribution in [0.4, 0.5) is 0 Å². The summed E-state index contributed by atoms with van der Waals surface area (Å²) in [5.41, 5.74) is 0.349. The average Bonchev–Trinajstić information content (AvgIpc) is 1.87. The van der Waals surface area contributed by atoms with Crippen LogP contribution in [0.5, 0.6) is 0 Å². The second-order valence-electron chi connectivity index (χ2n) is 1.59. The highest BCUT2D eigenvalue weighted by atomic mass is 16.5. The van der Waals surface area contributed by atoms with Crippen molar-refractivity contribution in [3.05, 3.63) is 0 Å². The van der Waals surface area contributed by atoms with Crippen LogP contribution in [0.3, 0.4) is 0 Å². The summed E-state index contributed by atoms with van der Waals surface area (Å²) < 4.78 is 4.29. The van der Waals surface area contributed by atoms with Gasteiger partial charge in [0.2, 0.25) is 0 Å². The number of rotatable bonds is 2. The lowest BCUT2D eigenvalue weighted by atomic mass is 10.3. The van der Waals surface area contributed by atoms with Crippen LogP contribution in [0.25, 0.3) is 0 Å². The van der Waals surface area contributed by atoms with Crippen molar-refractivity contribution in [2.75, 3.05) is 7.11 Å². The van der Waals surface area contributed by atoms with Crippen molar-refractivity contribution in [1.29, 1.82) is 0 Å². The Balaban J connectivity index is 3.60. The van der Waals surface area contributed by atoms with E-state index >= 15 is 0 Å². The second-order valence-corrected chi connectivity index (χ2v) is 1.59. The van der Waals surface area contributed by atoms with E-state index in [0.717, 1.165) is 0 Å². The van der Waals surface area contributed by atoms with Gasteiger partial charge in [-0.05, 0) is 6.92 Å². The van der Waals surface area contributed by atoms with Crippen molar-refractivity contribution in [3.8, 4) is 0 Å². The molecule has 0 saturated heterocycles. The molecule has 0 aliphatic rings. The van der Waals surface area contributed by atoms with Crippen LogP contribution in [0.2, 0.25) is 0 Å². The number of nitrogens with zero attached hydrogens (tertiary/aromatic N) is 1. The van der Waals surface area contributed by atoms with E-state index in [9.17, 15) is 4.79 Å². The highest BCUT2D eigenvalue weighted by molar-refractivity contribution is 5.97. The van der Waals surface area contributed by atoms with Gasteiger partial charge in [-0.15, -0.1) is 0 Å². The number of methoxy groups -OCH3 is 1. The molecule has 0 atom stereocenters. The predicted octanol–water partition coefficient (Wildman–Crippen LogP) is 0.400. The molecule has 0 unspecified atom stereocenters. The lowest BCUT2D eigenvalue weighted by molar-refractivity contribution is -0.139. The summed E-state index contributed by atoms with van der Waals surface area (Å²) in [4.78, 5) is 10.4. The first-order valence-corrected chi connectivity index (χ1v) is 2.45. The standard InChI is InChI=1S/C5H9NO3/c1-4(6-8)3-5(7)9-2/h8H,3H2,1-2H3. The van der Waals surface area contributed by atoms with Gasteiger partial charge in [0, 0.05) is 0 Å². The average molecular weight is 131 g/mol. The maximum Gasteiger partial charge on any atom is 0.311 e. The molecule has 0 fully saturated rings. The fourth-order valence-electron chi connectivity index (χ4n) is 0.316. The van der Waals surface area contributed by atoms with E-state index in [0.29, 0.717) is 5.71 Å². The first kappa shape index (κ1) is 7.94. The molecule has 1 N–H and O–H groups in total. The van der Waals surface area contributed by atoms with Crippen LogP contribution >= 0.6 is 0 Å². The van der Waals surface area contributed by atoms with Crippen LogP contribution < -0.4 is 0 Å². The molecule has 0 heterocycles. The largest absolute Gasteiger partial charge is 0.469 e. The van der Waals surface area contributed by atoms with Crippen molar-refractivity contribution >= 4 is 11.7 Å². The Morgan fingerprint density at radius 1 is 1.78 bits per heavy atom.